The van der Waals surface area contributed by atoms with Gasteiger partial charge in [-0.15, -0.1) is 0 Å². The van der Waals surface area contributed by atoms with Crippen LogP contribution in [-0.2, 0) is 4.79 Å². The molecular weight excluding hydrogens is 116 g/mol. The first kappa shape index (κ1) is 8.37. The maximum absolute atomic E-state index is 10.5. The van der Waals surface area contributed by atoms with E-state index in [0.717, 1.165) is 5.57 Å². The highest BCUT2D eigenvalue weighted by atomic mass is 16.2. The molecule has 0 aliphatic carbocycles. The van der Waals surface area contributed by atoms with Crippen LogP contribution in [-0.4, -0.2) is 17.5 Å². The van der Waals surface area contributed by atoms with Gasteiger partial charge in [0.05, 0.1) is 0 Å². The average molecular weight is 128 g/mol. The average Bonchev–Trinajstić information content (AvgIpc) is 1.82. The molecule has 0 aromatic carbocycles. The molecule has 2 heteroatoms. The van der Waals surface area contributed by atoms with Gasteiger partial charge in [-0.1, -0.05) is 6.08 Å². The van der Waals surface area contributed by atoms with Crippen molar-refractivity contribution in [2.75, 3.05) is 6.61 Å². The normalized spacial score (nSPS) is 11.7. The van der Waals surface area contributed by atoms with Gasteiger partial charge in [-0.05, 0) is 25.8 Å². The number of hydrogen-bond donors (Lipinski definition) is 1. The Hall–Kier alpha value is -0.630. The predicted octanol–water partition coefficient (Wildman–Crippen LogP) is 0.904. The van der Waals surface area contributed by atoms with Crippen molar-refractivity contribution in [2.45, 2.75) is 20.3 Å². The molecule has 0 spiro atoms. The van der Waals surface area contributed by atoms with E-state index in [9.17, 15) is 4.79 Å². The van der Waals surface area contributed by atoms with Crippen molar-refractivity contribution in [3.63, 3.8) is 0 Å². The zero-order chi connectivity index (χ0) is 7.28. The van der Waals surface area contributed by atoms with Crippen LogP contribution in [0.15, 0.2) is 11.6 Å². The molecule has 0 atom stereocenters. The molecule has 0 aromatic heterocycles. The second-order valence-electron chi connectivity index (χ2n) is 1.96. The molecule has 0 saturated heterocycles. The van der Waals surface area contributed by atoms with Gasteiger partial charge in [0.2, 0.25) is 0 Å². The van der Waals surface area contributed by atoms with Gasteiger partial charge in [0.1, 0.15) is 0 Å². The minimum atomic E-state index is 0.0726. The molecule has 0 fully saturated rings. The molecule has 0 aliphatic rings. The standard InChI is InChI=1S/C7H12O2/c1-6(7(2)9)4-3-5-8/h4,8H,3,5H2,1-2H3. The monoisotopic (exact) mass is 128 g/mol. The molecule has 0 bridgehead atoms. The van der Waals surface area contributed by atoms with E-state index >= 15 is 0 Å². The Bertz CT molecular complexity index is 125. The maximum atomic E-state index is 10.5. The third-order valence-corrected chi connectivity index (χ3v) is 1.13. The van der Waals surface area contributed by atoms with Crippen LogP contribution in [0.1, 0.15) is 20.3 Å². The molecule has 0 aromatic rings. The van der Waals surface area contributed by atoms with E-state index < -0.39 is 0 Å². The number of carbonyl (C=O) groups is 1. The smallest absolute Gasteiger partial charge is 0.155 e. The third-order valence-electron chi connectivity index (χ3n) is 1.13. The van der Waals surface area contributed by atoms with Gasteiger partial charge in [-0.2, -0.15) is 0 Å². The summed E-state index contributed by atoms with van der Waals surface area (Å²) in [5, 5.41) is 8.34. The lowest BCUT2D eigenvalue weighted by atomic mass is 10.2. The molecule has 1 N–H and O–H groups in total. The molecule has 0 saturated carbocycles. The summed E-state index contributed by atoms with van der Waals surface area (Å²) >= 11 is 0. The zero-order valence-corrected chi connectivity index (χ0v) is 5.85. The van der Waals surface area contributed by atoms with Crippen LogP contribution < -0.4 is 0 Å². The van der Waals surface area contributed by atoms with Gasteiger partial charge in [0.25, 0.3) is 0 Å². The number of rotatable bonds is 3. The quantitative estimate of drug-likeness (QED) is 0.573. The molecule has 0 heterocycles. The summed E-state index contributed by atoms with van der Waals surface area (Å²) in [5.74, 6) is 0.0726. The Balaban J connectivity index is 3.69. The van der Waals surface area contributed by atoms with Gasteiger partial charge in [0, 0.05) is 6.61 Å². The molecule has 0 radical (unpaired) electrons. The van der Waals surface area contributed by atoms with Crippen molar-refractivity contribution in [3.05, 3.63) is 11.6 Å². The molecule has 0 unspecified atom stereocenters. The van der Waals surface area contributed by atoms with Crippen LogP contribution in [0.4, 0.5) is 0 Å². The first-order chi connectivity index (χ1) is 4.18. The summed E-state index contributed by atoms with van der Waals surface area (Å²) in [6.07, 6.45) is 2.31. The molecule has 2 nitrogen and oxygen atoms in total. The van der Waals surface area contributed by atoms with E-state index in [-0.39, 0.29) is 12.4 Å². The van der Waals surface area contributed by atoms with E-state index in [1.165, 1.54) is 6.92 Å². The fourth-order valence-electron chi connectivity index (χ4n) is 0.425. The summed E-state index contributed by atoms with van der Waals surface area (Å²) in [6.45, 7) is 3.38. The Morgan fingerprint density at radius 3 is 2.44 bits per heavy atom. The number of hydrogen-bond acceptors (Lipinski definition) is 2. The predicted molar refractivity (Wildman–Crippen MR) is 36.1 cm³/mol. The third kappa shape index (κ3) is 3.91. The fraction of sp³-hybridized carbons (Fsp3) is 0.571. The van der Waals surface area contributed by atoms with Crippen LogP contribution in [0.25, 0.3) is 0 Å². The van der Waals surface area contributed by atoms with Crippen LogP contribution in [0.5, 0.6) is 0 Å². The fourth-order valence-corrected chi connectivity index (χ4v) is 0.425. The van der Waals surface area contributed by atoms with E-state index in [4.69, 9.17) is 5.11 Å². The lowest BCUT2D eigenvalue weighted by molar-refractivity contribution is -0.113. The molecule has 0 amide bonds. The molecule has 9 heavy (non-hydrogen) atoms. The minimum absolute atomic E-state index is 0.0726. The number of allylic oxidation sites excluding steroid dienone is 1. The van der Waals surface area contributed by atoms with E-state index in [1.54, 1.807) is 13.0 Å². The van der Waals surface area contributed by atoms with Gasteiger partial charge >= 0.3 is 0 Å². The SMILES string of the molecule is CC(=O)C(C)=CCCO. The highest BCUT2D eigenvalue weighted by Crippen LogP contribution is 1.94. The van der Waals surface area contributed by atoms with Gasteiger partial charge in [-0.25, -0.2) is 0 Å². The molecule has 0 aliphatic heterocycles. The van der Waals surface area contributed by atoms with Crippen molar-refractivity contribution in [1.82, 2.24) is 0 Å². The van der Waals surface area contributed by atoms with Crippen molar-refractivity contribution in [3.8, 4) is 0 Å². The topological polar surface area (TPSA) is 37.3 Å². The van der Waals surface area contributed by atoms with Crippen molar-refractivity contribution < 1.29 is 9.90 Å². The second-order valence-corrected chi connectivity index (χ2v) is 1.96. The second kappa shape index (κ2) is 4.27. The largest absolute Gasteiger partial charge is 0.396 e. The lowest BCUT2D eigenvalue weighted by Gasteiger charge is -1.90. The van der Waals surface area contributed by atoms with E-state index in [0.29, 0.717) is 6.42 Å². The number of aliphatic hydroxyl groups excluding tert-OH is 1. The molecular formula is C7H12O2. The van der Waals surface area contributed by atoms with Crippen LogP contribution in [0.2, 0.25) is 0 Å². The number of carbonyl (C=O) groups excluding carboxylic acids is 1. The van der Waals surface area contributed by atoms with Crippen molar-refractivity contribution in [1.29, 1.82) is 0 Å². The molecule has 52 valence electrons. The van der Waals surface area contributed by atoms with Crippen molar-refractivity contribution >= 4 is 5.78 Å². The Morgan fingerprint density at radius 2 is 2.11 bits per heavy atom. The number of ketones is 1. The Morgan fingerprint density at radius 1 is 1.56 bits per heavy atom. The highest BCUT2D eigenvalue weighted by molar-refractivity contribution is 5.92. The van der Waals surface area contributed by atoms with Gasteiger partial charge in [0.15, 0.2) is 5.78 Å². The summed E-state index contributed by atoms with van der Waals surface area (Å²) < 4.78 is 0. The Labute approximate surface area is 55.2 Å². The number of Topliss-reactive ketones (excluding diaryl/α,β-unsaturated/α-hetero) is 1. The lowest BCUT2D eigenvalue weighted by Crippen LogP contribution is -1.91. The first-order valence-electron chi connectivity index (χ1n) is 2.97. The maximum Gasteiger partial charge on any atom is 0.155 e. The molecule has 0 rings (SSSR count). The van der Waals surface area contributed by atoms with Gasteiger partial charge in [-0.3, -0.25) is 4.79 Å². The summed E-state index contributed by atoms with van der Waals surface area (Å²) in [6, 6.07) is 0. The number of aliphatic hydroxyl groups is 1. The van der Waals surface area contributed by atoms with E-state index in [1.807, 2.05) is 0 Å². The summed E-state index contributed by atoms with van der Waals surface area (Å²) in [7, 11) is 0. The minimum Gasteiger partial charge on any atom is -0.396 e. The van der Waals surface area contributed by atoms with E-state index in [2.05, 4.69) is 0 Å². The highest BCUT2D eigenvalue weighted by Gasteiger charge is 1.92. The first-order valence-corrected chi connectivity index (χ1v) is 2.97. The summed E-state index contributed by atoms with van der Waals surface area (Å²) in [5.41, 5.74) is 0.726. The zero-order valence-electron chi connectivity index (χ0n) is 5.85. The summed E-state index contributed by atoms with van der Waals surface area (Å²) in [4.78, 5) is 10.5. The van der Waals surface area contributed by atoms with Crippen LogP contribution >= 0.6 is 0 Å². The van der Waals surface area contributed by atoms with Gasteiger partial charge < -0.3 is 5.11 Å². The van der Waals surface area contributed by atoms with Crippen LogP contribution in [0.3, 0.4) is 0 Å². The Kier molecular flexibility index (Phi) is 3.97. The van der Waals surface area contributed by atoms with Crippen LogP contribution in [0, 0.1) is 0 Å². The van der Waals surface area contributed by atoms with Crippen molar-refractivity contribution in [2.24, 2.45) is 0 Å².